The Morgan fingerprint density at radius 3 is 2.50 bits per heavy atom. The van der Waals surface area contributed by atoms with Crippen LogP contribution in [0.1, 0.15) is 37.7 Å². The highest BCUT2D eigenvalue weighted by Crippen LogP contribution is 2.39. The molecule has 1 aliphatic rings. The molecule has 3 atom stereocenters. The van der Waals surface area contributed by atoms with Gasteiger partial charge >= 0.3 is 5.97 Å². The summed E-state index contributed by atoms with van der Waals surface area (Å²) in [6.07, 6.45) is 2.82. The van der Waals surface area contributed by atoms with E-state index < -0.39 is 5.97 Å². The molecule has 1 fully saturated rings. The van der Waals surface area contributed by atoms with Gasteiger partial charge in [-0.05, 0) is 36.7 Å². The number of carboxylic acids is 1. The first-order valence-electron chi connectivity index (χ1n) is 5.96. The van der Waals surface area contributed by atoms with Crippen LogP contribution in [0.5, 0.6) is 0 Å². The van der Waals surface area contributed by atoms with Gasteiger partial charge in [-0.15, -0.1) is 0 Å². The van der Waals surface area contributed by atoms with Crippen LogP contribution in [-0.2, 0) is 4.79 Å². The van der Waals surface area contributed by atoms with Crippen molar-refractivity contribution in [1.29, 1.82) is 0 Å². The molecule has 2 rings (SSSR count). The Hall–Kier alpha value is -1.31. The van der Waals surface area contributed by atoms with Crippen LogP contribution in [0.4, 0.5) is 0 Å². The fourth-order valence-electron chi connectivity index (χ4n) is 2.79. The van der Waals surface area contributed by atoms with Gasteiger partial charge in [-0.3, -0.25) is 4.79 Å². The summed E-state index contributed by atoms with van der Waals surface area (Å²) in [5.74, 6) is 0.0715. The van der Waals surface area contributed by atoms with E-state index in [1.807, 2.05) is 6.07 Å². The van der Waals surface area contributed by atoms with E-state index in [4.69, 9.17) is 5.11 Å². The van der Waals surface area contributed by atoms with Crippen molar-refractivity contribution in [2.45, 2.75) is 32.1 Å². The van der Waals surface area contributed by atoms with E-state index in [-0.39, 0.29) is 11.8 Å². The van der Waals surface area contributed by atoms with Gasteiger partial charge in [-0.25, -0.2) is 0 Å². The molecule has 0 spiro atoms. The lowest BCUT2D eigenvalue weighted by Crippen LogP contribution is -2.28. The van der Waals surface area contributed by atoms with Gasteiger partial charge in [0.15, 0.2) is 0 Å². The molecule has 0 amide bonds. The number of rotatable bonds is 2. The fourth-order valence-corrected chi connectivity index (χ4v) is 2.79. The third-order valence-electron chi connectivity index (χ3n) is 3.76. The van der Waals surface area contributed by atoms with Gasteiger partial charge < -0.3 is 5.11 Å². The van der Waals surface area contributed by atoms with E-state index in [0.29, 0.717) is 5.92 Å². The Kier molecular flexibility index (Phi) is 3.28. The molecule has 1 aliphatic carbocycles. The highest BCUT2D eigenvalue weighted by molar-refractivity contribution is 5.70. The van der Waals surface area contributed by atoms with Crippen LogP contribution >= 0.6 is 0 Å². The summed E-state index contributed by atoms with van der Waals surface area (Å²) in [4.78, 5) is 11.0. The molecule has 1 N–H and O–H groups in total. The summed E-state index contributed by atoms with van der Waals surface area (Å²) in [6.45, 7) is 2.06. The Labute approximate surface area is 96.3 Å². The van der Waals surface area contributed by atoms with E-state index in [0.717, 1.165) is 19.3 Å². The summed E-state index contributed by atoms with van der Waals surface area (Å²) in [6, 6.07) is 10.4. The molecular weight excluding hydrogens is 200 g/mol. The van der Waals surface area contributed by atoms with E-state index in [1.54, 1.807) is 0 Å². The predicted molar refractivity (Wildman–Crippen MR) is 63.3 cm³/mol. The summed E-state index contributed by atoms with van der Waals surface area (Å²) in [7, 11) is 0. The molecule has 86 valence electrons. The van der Waals surface area contributed by atoms with Gasteiger partial charge in [0.05, 0.1) is 5.92 Å². The van der Waals surface area contributed by atoms with E-state index in [9.17, 15) is 4.79 Å². The molecule has 0 saturated heterocycles. The van der Waals surface area contributed by atoms with Gasteiger partial charge in [0.2, 0.25) is 0 Å². The molecule has 1 aromatic carbocycles. The normalized spacial score (nSPS) is 29.9. The second-order valence-electron chi connectivity index (χ2n) is 4.84. The highest BCUT2D eigenvalue weighted by atomic mass is 16.4. The lowest BCUT2D eigenvalue weighted by atomic mass is 9.73. The molecule has 0 bridgehead atoms. The Morgan fingerprint density at radius 1 is 1.25 bits per heavy atom. The zero-order chi connectivity index (χ0) is 11.5. The smallest absolute Gasteiger partial charge is 0.306 e. The molecule has 0 heterocycles. The topological polar surface area (TPSA) is 37.3 Å². The minimum absolute atomic E-state index is 0.139. The maximum atomic E-state index is 11.0. The molecule has 0 unspecified atom stereocenters. The number of carboxylic acid groups (broad SMARTS) is 1. The number of hydrogen-bond acceptors (Lipinski definition) is 1. The van der Waals surface area contributed by atoms with Crippen molar-refractivity contribution in [1.82, 2.24) is 0 Å². The molecule has 2 heteroatoms. The average molecular weight is 218 g/mol. The van der Waals surface area contributed by atoms with Crippen LogP contribution < -0.4 is 0 Å². The molecule has 0 aromatic heterocycles. The van der Waals surface area contributed by atoms with Crippen molar-refractivity contribution in [3.8, 4) is 0 Å². The van der Waals surface area contributed by atoms with Gasteiger partial charge in [0, 0.05) is 0 Å². The van der Waals surface area contributed by atoms with Crippen molar-refractivity contribution in [3.63, 3.8) is 0 Å². The summed E-state index contributed by atoms with van der Waals surface area (Å²) < 4.78 is 0. The lowest BCUT2D eigenvalue weighted by Gasteiger charge is -2.32. The van der Waals surface area contributed by atoms with Crippen LogP contribution in [0.2, 0.25) is 0 Å². The third kappa shape index (κ3) is 2.26. The van der Waals surface area contributed by atoms with E-state index >= 15 is 0 Å². The quantitative estimate of drug-likeness (QED) is 0.827. The van der Waals surface area contributed by atoms with E-state index in [2.05, 4.69) is 31.2 Å². The fraction of sp³-hybridized carbons (Fsp3) is 0.500. The maximum absolute atomic E-state index is 11.0. The molecule has 2 nitrogen and oxygen atoms in total. The zero-order valence-corrected chi connectivity index (χ0v) is 9.60. The predicted octanol–water partition coefficient (Wildman–Crippen LogP) is 3.29. The SMILES string of the molecule is C[C@H]1C[C@@H](c2ccccc2)CC[C@H]1C(=O)O. The second kappa shape index (κ2) is 4.69. The van der Waals surface area contributed by atoms with Crippen molar-refractivity contribution in [2.75, 3.05) is 0 Å². The minimum Gasteiger partial charge on any atom is -0.481 e. The number of carbonyl (C=O) groups is 1. The first-order chi connectivity index (χ1) is 7.68. The Bertz CT molecular complexity index is 358. The molecule has 0 aliphatic heterocycles. The van der Waals surface area contributed by atoms with Gasteiger partial charge in [0.25, 0.3) is 0 Å². The monoisotopic (exact) mass is 218 g/mol. The maximum Gasteiger partial charge on any atom is 0.306 e. The Morgan fingerprint density at radius 2 is 1.94 bits per heavy atom. The van der Waals surface area contributed by atoms with Crippen LogP contribution in [0, 0.1) is 11.8 Å². The standard InChI is InChI=1S/C14H18O2/c1-10-9-12(7-8-13(10)14(15)16)11-5-3-2-4-6-11/h2-6,10,12-13H,7-9H2,1H3,(H,15,16)/t10-,12-,13+/m0/s1. The van der Waals surface area contributed by atoms with Crippen molar-refractivity contribution in [2.24, 2.45) is 11.8 Å². The van der Waals surface area contributed by atoms with Crippen LogP contribution in [-0.4, -0.2) is 11.1 Å². The Balaban J connectivity index is 2.05. The van der Waals surface area contributed by atoms with E-state index in [1.165, 1.54) is 5.56 Å². The molecule has 16 heavy (non-hydrogen) atoms. The lowest BCUT2D eigenvalue weighted by molar-refractivity contribution is -0.144. The van der Waals surface area contributed by atoms with Gasteiger partial charge in [-0.2, -0.15) is 0 Å². The summed E-state index contributed by atoms with van der Waals surface area (Å²) >= 11 is 0. The summed E-state index contributed by atoms with van der Waals surface area (Å²) in [5.41, 5.74) is 1.36. The summed E-state index contributed by atoms with van der Waals surface area (Å²) in [5, 5.41) is 9.07. The van der Waals surface area contributed by atoms with Crippen molar-refractivity contribution < 1.29 is 9.90 Å². The first-order valence-corrected chi connectivity index (χ1v) is 5.96. The van der Waals surface area contributed by atoms with Crippen LogP contribution in [0.3, 0.4) is 0 Å². The molecule has 1 aromatic rings. The number of aliphatic carboxylic acids is 1. The van der Waals surface area contributed by atoms with Crippen molar-refractivity contribution >= 4 is 5.97 Å². The minimum atomic E-state index is -0.626. The highest BCUT2D eigenvalue weighted by Gasteiger charge is 2.32. The average Bonchev–Trinajstić information content (AvgIpc) is 2.29. The molecule has 1 saturated carbocycles. The van der Waals surface area contributed by atoms with Crippen molar-refractivity contribution in [3.05, 3.63) is 35.9 Å². The number of benzene rings is 1. The number of hydrogen-bond donors (Lipinski definition) is 1. The second-order valence-corrected chi connectivity index (χ2v) is 4.84. The van der Waals surface area contributed by atoms with Gasteiger partial charge in [-0.1, -0.05) is 37.3 Å². The zero-order valence-electron chi connectivity index (χ0n) is 9.60. The third-order valence-corrected chi connectivity index (χ3v) is 3.76. The van der Waals surface area contributed by atoms with Gasteiger partial charge in [0.1, 0.15) is 0 Å². The van der Waals surface area contributed by atoms with Crippen LogP contribution in [0.15, 0.2) is 30.3 Å². The molecular formula is C14H18O2. The molecule has 0 radical (unpaired) electrons. The van der Waals surface area contributed by atoms with Crippen LogP contribution in [0.25, 0.3) is 0 Å². The first kappa shape index (κ1) is 11.2. The largest absolute Gasteiger partial charge is 0.481 e.